The minimum absolute atomic E-state index is 0.135. The summed E-state index contributed by atoms with van der Waals surface area (Å²) in [6, 6.07) is 26.0. The Morgan fingerprint density at radius 2 is 1.47 bits per heavy atom. The van der Waals surface area contributed by atoms with Crippen molar-refractivity contribution in [2.75, 3.05) is 20.8 Å². The normalized spacial score (nSPS) is 11.6. The summed E-state index contributed by atoms with van der Waals surface area (Å²) in [6.07, 6.45) is 0.630. The number of rotatable bonds is 7. The van der Waals surface area contributed by atoms with Crippen LogP contribution in [-0.4, -0.2) is 26.0 Å². The Morgan fingerprint density at radius 1 is 0.765 bits per heavy atom. The molecule has 0 atom stereocenters. The van der Waals surface area contributed by atoms with Crippen LogP contribution in [0, 0.1) is 0 Å². The van der Waals surface area contributed by atoms with Gasteiger partial charge in [-0.2, -0.15) is 0 Å². The molecule has 4 aromatic rings. The molecule has 4 nitrogen and oxygen atoms in total. The van der Waals surface area contributed by atoms with Crippen LogP contribution in [-0.2, 0) is 11.8 Å². The molecular weight excluding hydrogens is 422 g/mol. The molecule has 0 bridgehead atoms. The second-order valence-corrected chi connectivity index (χ2v) is 9.57. The minimum Gasteiger partial charge on any atom is -0.493 e. The van der Waals surface area contributed by atoms with Crippen molar-refractivity contribution in [2.45, 2.75) is 32.6 Å². The van der Waals surface area contributed by atoms with Crippen LogP contribution in [0.5, 0.6) is 11.5 Å². The van der Waals surface area contributed by atoms with Gasteiger partial charge >= 0.3 is 0 Å². The summed E-state index contributed by atoms with van der Waals surface area (Å²) in [6.45, 7) is 7.15. The zero-order valence-electron chi connectivity index (χ0n) is 20.6. The zero-order valence-corrected chi connectivity index (χ0v) is 20.6. The number of hydrogen-bond donors (Lipinski definition) is 2. The van der Waals surface area contributed by atoms with Crippen molar-refractivity contribution >= 4 is 10.8 Å². The molecule has 2 N–H and O–H groups in total. The average Bonchev–Trinajstić information content (AvgIpc) is 2.85. The lowest BCUT2D eigenvalue weighted by Crippen LogP contribution is -2.12. The molecule has 0 aromatic heterocycles. The molecule has 0 heterocycles. The first-order chi connectivity index (χ1) is 16.4. The van der Waals surface area contributed by atoms with Crippen LogP contribution in [0.4, 0.5) is 0 Å². The van der Waals surface area contributed by atoms with Crippen LogP contribution >= 0.6 is 0 Å². The number of fused-ring (bicyclic) bond motifs is 1. The maximum atomic E-state index is 8.98. The van der Waals surface area contributed by atoms with Crippen molar-refractivity contribution in [1.29, 1.82) is 0 Å². The van der Waals surface area contributed by atoms with Crippen molar-refractivity contribution in [3.8, 4) is 33.8 Å². The molecule has 0 saturated heterocycles. The number of methoxy groups -OCH3 is 2. The van der Waals surface area contributed by atoms with Gasteiger partial charge in [-0.1, -0.05) is 87.5 Å². The molecule has 176 valence electrons. The highest BCUT2D eigenvalue weighted by atomic mass is 16.5. The number of hydrogen-bond acceptors (Lipinski definition) is 4. The molecule has 34 heavy (non-hydrogen) atoms. The van der Waals surface area contributed by atoms with Gasteiger partial charge < -0.3 is 14.7 Å². The second-order valence-electron chi connectivity index (χ2n) is 9.57. The molecule has 0 radical (unpaired) electrons. The van der Waals surface area contributed by atoms with Gasteiger partial charge in [-0.05, 0) is 56.5 Å². The smallest absolute Gasteiger partial charge is 0.168 e. The Kier molecular flexibility index (Phi) is 6.92. The van der Waals surface area contributed by atoms with Crippen molar-refractivity contribution in [3.05, 3.63) is 83.9 Å². The first-order valence-corrected chi connectivity index (χ1v) is 11.6. The van der Waals surface area contributed by atoms with Gasteiger partial charge in [0.05, 0.1) is 14.2 Å². The first-order valence-electron chi connectivity index (χ1n) is 11.6. The van der Waals surface area contributed by atoms with E-state index in [1.165, 1.54) is 27.5 Å². The maximum absolute atomic E-state index is 8.98. The van der Waals surface area contributed by atoms with E-state index in [9.17, 15) is 0 Å². The van der Waals surface area contributed by atoms with E-state index in [2.05, 4.69) is 93.0 Å². The lowest BCUT2D eigenvalue weighted by molar-refractivity contribution is 0.168. The van der Waals surface area contributed by atoms with Crippen molar-refractivity contribution in [2.24, 2.45) is 0 Å². The van der Waals surface area contributed by atoms with E-state index < -0.39 is 0 Å². The second kappa shape index (κ2) is 9.88. The van der Waals surface area contributed by atoms with E-state index in [4.69, 9.17) is 14.7 Å². The molecule has 0 fully saturated rings. The lowest BCUT2D eigenvalue weighted by Gasteiger charge is -2.19. The molecular formula is C30H33NO3. The summed E-state index contributed by atoms with van der Waals surface area (Å²) in [4.78, 5) is 0. The van der Waals surface area contributed by atoms with Gasteiger partial charge in [0.1, 0.15) is 0 Å². The van der Waals surface area contributed by atoms with Crippen LogP contribution in [0.2, 0.25) is 0 Å². The van der Waals surface area contributed by atoms with E-state index in [0.717, 1.165) is 16.7 Å². The van der Waals surface area contributed by atoms with Gasteiger partial charge in [-0.3, -0.25) is 0 Å². The number of hydroxylamine groups is 1. The topological polar surface area (TPSA) is 50.7 Å². The van der Waals surface area contributed by atoms with Crippen LogP contribution in [0.3, 0.4) is 0 Å². The highest BCUT2D eigenvalue weighted by Gasteiger charge is 2.17. The van der Waals surface area contributed by atoms with Crippen molar-refractivity contribution < 1.29 is 14.7 Å². The molecule has 0 amide bonds. The van der Waals surface area contributed by atoms with Crippen molar-refractivity contribution in [1.82, 2.24) is 5.48 Å². The van der Waals surface area contributed by atoms with Gasteiger partial charge in [-0.25, -0.2) is 5.48 Å². The Bertz CT molecular complexity index is 1290. The third-order valence-corrected chi connectivity index (χ3v) is 6.36. The summed E-state index contributed by atoms with van der Waals surface area (Å²) < 4.78 is 11.5. The summed E-state index contributed by atoms with van der Waals surface area (Å²) in [7, 11) is 3.31. The predicted octanol–water partition coefficient (Wildman–Crippen LogP) is 7.01. The van der Waals surface area contributed by atoms with E-state index in [-0.39, 0.29) is 5.41 Å². The molecule has 0 aliphatic heterocycles. The van der Waals surface area contributed by atoms with Gasteiger partial charge in [0, 0.05) is 12.1 Å². The molecule has 4 aromatic carbocycles. The number of benzene rings is 4. The maximum Gasteiger partial charge on any atom is 0.168 e. The molecule has 4 rings (SSSR count). The SMILES string of the molecule is COc1c(CCNO)ccc(-c2ccc3c(-c4ccc(C(C)(C)C)cc4)cccc3c2)c1OC. The summed E-state index contributed by atoms with van der Waals surface area (Å²) in [5.74, 6) is 1.40. The van der Waals surface area contributed by atoms with Crippen LogP contribution in [0.1, 0.15) is 31.9 Å². The Hall–Kier alpha value is -3.34. The molecule has 0 spiro atoms. The average molecular weight is 456 g/mol. The Morgan fingerprint density at radius 3 is 2.12 bits per heavy atom. The number of ether oxygens (including phenoxy) is 2. The quantitative estimate of drug-likeness (QED) is 0.294. The largest absolute Gasteiger partial charge is 0.493 e. The molecule has 0 aliphatic carbocycles. The fourth-order valence-electron chi connectivity index (χ4n) is 4.50. The predicted molar refractivity (Wildman–Crippen MR) is 140 cm³/mol. The van der Waals surface area contributed by atoms with Crippen LogP contribution in [0.25, 0.3) is 33.0 Å². The highest BCUT2D eigenvalue weighted by molar-refractivity contribution is 5.99. The fraction of sp³-hybridized carbons (Fsp3) is 0.267. The monoisotopic (exact) mass is 455 g/mol. The van der Waals surface area contributed by atoms with Crippen LogP contribution in [0.15, 0.2) is 72.8 Å². The summed E-state index contributed by atoms with van der Waals surface area (Å²) >= 11 is 0. The van der Waals surface area contributed by atoms with Gasteiger partial charge in [0.15, 0.2) is 11.5 Å². The fourth-order valence-corrected chi connectivity index (χ4v) is 4.50. The molecule has 0 unspecified atom stereocenters. The highest BCUT2D eigenvalue weighted by Crippen LogP contribution is 2.42. The Balaban J connectivity index is 1.77. The zero-order chi connectivity index (χ0) is 24.3. The minimum atomic E-state index is 0.135. The van der Waals surface area contributed by atoms with E-state index >= 15 is 0 Å². The lowest BCUT2D eigenvalue weighted by atomic mass is 9.86. The van der Waals surface area contributed by atoms with E-state index in [0.29, 0.717) is 24.5 Å². The summed E-state index contributed by atoms with van der Waals surface area (Å²) in [5, 5.41) is 11.4. The van der Waals surface area contributed by atoms with Gasteiger partial charge in [0.2, 0.25) is 0 Å². The first kappa shape index (κ1) is 23.8. The van der Waals surface area contributed by atoms with Crippen molar-refractivity contribution in [3.63, 3.8) is 0 Å². The standard InChI is InChI=1S/C30H33NO3/c1-30(2,3)24-13-9-20(10-14-24)25-8-6-7-22-19-23(12-15-26(22)25)27-16-11-21(17-18-31-32)28(33-4)29(27)34-5/h6-16,19,31-32H,17-18H2,1-5H3. The summed E-state index contributed by atoms with van der Waals surface area (Å²) in [5.41, 5.74) is 9.13. The van der Waals surface area contributed by atoms with Crippen LogP contribution < -0.4 is 15.0 Å². The van der Waals surface area contributed by atoms with Gasteiger partial charge in [0.25, 0.3) is 0 Å². The van der Waals surface area contributed by atoms with E-state index in [1.807, 2.05) is 6.07 Å². The van der Waals surface area contributed by atoms with E-state index in [1.54, 1.807) is 14.2 Å². The molecule has 0 saturated carbocycles. The number of nitrogens with one attached hydrogen (secondary N) is 1. The Labute approximate surface area is 202 Å². The van der Waals surface area contributed by atoms with Gasteiger partial charge in [-0.15, -0.1) is 0 Å². The molecule has 0 aliphatic rings. The third kappa shape index (κ3) is 4.65. The third-order valence-electron chi connectivity index (χ3n) is 6.36. The molecule has 4 heteroatoms.